The zero-order chi connectivity index (χ0) is 50.8. The van der Waals surface area contributed by atoms with Gasteiger partial charge >= 0.3 is 0 Å². The number of hydrogen-bond acceptors (Lipinski definition) is 16. The van der Waals surface area contributed by atoms with Gasteiger partial charge in [-0.25, -0.2) is 0 Å². The van der Waals surface area contributed by atoms with Crippen LogP contribution < -0.4 is 20.9 Å². The summed E-state index contributed by atoms with van der Waals surface area (Å²) in [7, 11) is 6.37. The smallest absolute Gasteiger partial charge is 0.255 e. The second-order valence-electron chi connectivity index (χ2n) is 19.0. The van der Waals surface area contributed by atoms with Crippen molar-refractivity contribution in [1.82, 2.24) is 9.80 Å². The van der Waals surface area contributed by atoms with Crippen LogP contribution in [0.3, 0.4) is 0 Å². The molecule has 2 amide bonds. The number of likely N-dealkylation sites (N-methyl/N-ethyl adjacent to an activating group) is 2. The lowest BCUT2D eigenvalue weighted by Gasteiger charge is -2.50. The number of ketones is 4. The predicted molar refractivity (Wildman–Crippen MR) is 259 cm³/mol. The van der Waals surface area contributed by atoms with E-state index >= 15 is 0 Å². The van der Waals surface area contributed by atoms with Gasteiger partial charge in [-0.15, -0.1) is 0 Å². The van der Waals surface area contributed by atoms with Gasteiger partial charge < -0.3 is 51.6 Å². The lowest BCUT2D eigenvalue weighted by Crippen LogP contribution is -2.65. The molecule has 6 aliphatic rings. The van der Waals surface area contributed by atoms with Crippen molar-refractivity contribution in [1.29, 1.82) is 0 Å². The molecule has 2 aromatic carbocycles. The van der Waals surface area contributed by atoms with E-state index in [1.165, 1.54) is 9.80 Å². The Morgan fingerprint density at radius 3 is 1.55 bits per heavy atom. The van der Waals surface area contributed by atoms with E-state index in [1.54, 1.807) is 40.3 Å². The first-order valence-electron chi connectivity index (χ1n) is 23.0. The number of rotatable bonds is 12. The maximum absolute atomic E-state index is 13.9. The number of amides is 2. The highest BCUT2D eigenvalue weighted by Crippen LogP contribution is 2.55. The van der Waals surface area contributed by atoms with E-state index in [9.17, 15) is 59.4 Å². The number of hydrogen-bond donors (Lipinski definition) is 8. The molecule has 0 saturated heterocycles. The first kappa shape index (κ1) is 51.2. The number of Topliss-reactive ketones (excluding diaryl/α,β-unsaturated/α-hetero) is 4. The standard InChI is InChI=1S/C25H29IN2O7.C25H30N2O7/c1-4-5-8-35-15-7-6-14(26)12-9-11-10-13-19(28(2)3)21(30)18(24(27)33)23(32)25(13,34)22(31)16(11)20(29)17(12)15;1-4-5-9-34-15-8-6-7-12-10-13-11-14-19(27(2)3)21(29)18(24(26)32)23(31)25(14,33)22(30)17(13)20(28)16(12)15/h6-7,11,13,19,29,32,34H,4-5,8-10H2,1-3H3,(H2,27,33);6-8,13-14,19,28,31,33H,4-5,9-11H2,1-3H3,(H2,26,32)/t11-,13-,19-,25-;13-,14-,19-,25-/m00/s1. The SMILES string of the molecule is CCCCOc1ccc(I)c2c1C(O)=C1C(=O)[C@]3(O)C(O)=C(C(N)=O)C(=O)[C@@H](N(C)C)[C@@H]3C[C@@H]1C2.CCCCOc1cccc2c1C(O)=C1C(=O)[C@]3(O)C(O)=C(C(N)=O)C(=O)[C@@H](N(C)C)[C@@H]3C[C@@H]1C2. The number of primary amides is 2. The molecule has 0 bridgehead atoms. The molecule has 8 rings (SSSR count). The molecule has 8 atom stereocenters. The fourth-order valence-corrected chi connectivity index (χ4v) is 11.9. The van der Waals surface area contributed by atoms with Crippen molar-refractivity contribution in [2.24, 2.45) is 35.1 Å². The number of nitrogens with two attached hydrogens (primary N) is 2. The molecule has 0 aromatic heterocycles. The van der Waals surface area contributed by atoms with Crippen molar-refractivity contribution in [2.45, 2.75) is 88.5 Å². The summed E-state index contributed by atoms with van der Waals surface area (Å²) in [4.78, 5) is 80.9. The zero-order valence-corrected chi connectivity index (χ0v) is 41.5. The molecule has 0 radical (unpaired) electrons. The Labute approximate surface area is 412 Å². The predicted octanol–water partition coefficient (Wildman–Crippen LogP) is 3.48. The van der Waals surface area contributed by atoms with Crippen LogP contribution >= 0.6 is 22.6 Å². The van der Waals surface area contributed by atoms with Gasteiger partial charge in [0.15, 0.2) is 22.8 Å². The number of unbranched alkanes of at least 4 members (excludes halogenated alkanes) is 2. The van der Waals surface area contributed by atoms with Crippen LogP contribution in [0, 0.1) is 27.2 Å². The van der Waals surface area contributed by atoms with Gasteiger partial charge in [-0.2, -0.15) is 0 Å². The minimum Gasteiger partial charge on any atom is -0.508 e. The number of halogens is 1. The molecule has 370 valence electrons. The van der Waals surface area contributed by atoms with Crippen molar-refractivity contribution < 1.29 is 68.9 Å². The fraction of sp³-hybridized carbons (Fsp3) is 0.480. The zero-order valence-electron chi connectivity index (χ0n) is 39.3. The molecule has 19 heteroatoms. The maximum Gasteiger partial charge on any atom is 0.255 e. The number of aliphatic hydroxyl groups excluding tert-OH is 4. The van der Waals surface area contributed by atoms with Gasteiger partial charge in [0.25, 0.3) is 11.8 Å². The largest absolute Gasteiger partial charge is 0.508 e. The van der Waals surface area contributed by atoms with Crippen LogP contribution in [0.4, 0.5) is 0 Å². The Kier molecular flexibility index (Phi) is 14.3. The molecule has 69 heavy (non-hydrogen) atoms. The number of aliphatic hydroxyl groups is 6. The maximum atomic E-state index is 13.9. The Balaban J connectivity index is 0.000000204. The molecule has 2 saturated carbocycles. The van der Waals surface area contributed by atoms with Gasteiger partial charge in [-0.05, 0) is 130 Å². The van der Waals surface area contributed by atoms with Crippen molar-refractivity contribution in [3.63, 3.8) is 0 Å². The fourth-order valence-electron chi connectivity index (χ4n) is 11.3. The first-order chi connectivity index (χ1) is 32.5. The molecule has 0 unspecified atom stereocenters. The van der Waals surface area contributed by atoms with Gasteiger partial charge in [-0.1, -0.05) is 38.8 Å². The summed E-state index contributed by atoms with van der Waals surface area (Å²) in [6, 6.07) is 6.89. The summed E-state index contributed by atoms with van der Waals surface area (Å²) in [6.07, 6.45) is 4.52. The first-order valence-corrected chi connectivity index (χ1v) is 24.1. The number of carbonyl (C=O) groups excluding carboxylic acids is 6. The van der Waals surface area contributed by atoms with Gasteiger partial charge in [0.1, 0.15) is 45.7 Å². The van der Waals surface area contributed by atoms with Crippen LogP contribution in [-0.4, -0.2) is 140 Å². The van der Waals surface area contributed by atoms with E-state index < -0.39 is 105 Å². The van der Waals surface area contributed by atoms with Crippen LogP contribution in [0.25, 0.3) is 11.5 Å². The Morgan fingerprint density at radius 1 is 0.681 bits per heavy atom. The summed E-state index contributed by atoms with van der Waals surface area (Å²) in [5.41, 5.74) is 6.29. The topological polar surface area (TPSA) is 301 Å². The molecule has 18 nitrogen and oxygen atoms in total. The van der Waals surface area contributed by atoms with E-state index in [0.717, 1.165) is 40.4 Å². The lowest BCUT2D eigenvalue weighted by atomic mass is 9.57. The van der Waals surface area contributed by atoms with Crippen LogP contribution in [0.5, 0.6) is 11.5 Å². The highest BCUT2D eigenvalue weighted by atomic mass is 127. The second kappa shape index (κ2) is 19.3. The van der Waals surface area contributed by atoms with E-state index in [2.05, 4.69) is 22.6 Å². The summed E-state index contributed by atoms with van der Waals surface area (Å²) in [6.45, 7) is 4.94. The Bertz CT molecular complexity index is 2690. The number of carbonyl (C=O) groups is 6. The third-order valence-corrected chi connectivity index (χ3v) is 15.5. The van der Waals surface area contributed by atoms with Crippen LogP contribution in [-0.2, 0) is 41.6 Å². The van der Waals surface area contributed by atoms with Gasteiger partial charge in [0.2, 0.25) is 11.6 Å². The number of fused-ring (bicyclic) bond motifs is 6. The van der Waals surface area contributed by atoms with Gasteiger partial charge in [-0.3, -0.25) is 38.6 Å². The van der Waals surface area contributed by atoms with E-state index in [1.807, 2.05) is 32.0 Å². The average molecular weight is 1070 g/mol. The molecule has 6 aliphatic carbocycles. The Hall–Kier alpha value is -5.61. The normalized spacial score (nSPS) is 28.3. The summed E-state index contributed by atoms with van der Waals surface area (Å²) < 4.78 is 12.7. The molecule has 0 heterocycles. The minimum atomic E-state index is -2.57. The van der Waals surface area contributed by atoms with Crippen molar-refractivity contribution in [2.75, 3.05) is 41.4 Å². The van der Waals surface area contributed by atoms with Crippen molar-refractivity contribution in [3.8, 4) is 11.5 Å². The summed E-state index contributed by atoms with van der Waals surface area (Å²) >= 11 is 2.17. The quantitative estimate of drug-likeness (QED) is 0.0858. The molecular weight excluding hydrogens is 1010 g/mol. The molecule has 2 aromatic rings. The summed E-state index contributed by atoms with van der Waals surface area (Å²) in [5, 5.41) is 67.6. The molecule has 10 N–H and O–H groups in total. The molecule has 2 fully saturated rings. The molecule has 0 aliphatic heterocycles. The lowest BCUT2D eigenvalue weighted by molar-refractivity contribution is -0.155. The highest BCUT2D eigenvalue weighted by Gasteiger charge is 2.66. The van der Waals surface area contributed by atoms with Crippen LogP contribution in [0.1, 0.15) is 74.6 Å². The molecular formula is C50H59IN4O14. The highest BCUT2D eigenvalue weighted by molar-refractivity contribution is 14.1. The monoisotopic (exact) mass is 1070 g/mol. The third kappa shape index (κ3) is 8.12. The molecule has 0 spiro atoms. The van der Waals surface area contributed by atoms with E-state index in [4.69, 9.17) is 20.9 Å². The van der Waals surface area contributed by atoms with Gasteiger partial charge in [0, 0.05) is 26.6 Å². The van der Waals surface area contributed by atoms with Crippen LogP contribution in [0.15, 0.2) is 64.1 Å². The number of ether oxygens (including phenoxy) is 2. The third-order valence-electron chi connectivity index (χ3n) is 14.5. The minimum absolute atomic E-state index is 0.0409. The van der Waals surface area contributed by atoms with E-state index in [0.29, 0.717) is 48.7 Å². The summed E-state index contributed by atoms with van der Waals surface area (Å²) in [5.74, 6) is -10.7. The van der Waals surface area contributed by atoms with Gasteiger partial charge in [0.05, 0.1) is 36.4 Å². The Morgan fingerprint density at radius 2 is 1.12 bits per heavy atom. The van der Waals surface area contributed by atoms with Crippen molar-refractivity contribution >= 4 is 69.1 Å². The number of benzene rings is 2. The second-order valence-corrected chi connectivity index (χ2v) is 20.2. The average Bonchev–Trinajstić information content (AvgIpc) is 3.27. The van der Waals surface area contributed by atoms with E-state index in [-0.39, 0.29) is 35.5 Å². The van der Waals surface area contributed by atoms with Crippen LogP contribution in [0.2, 0.25) is 0 Å². The number of nitrogens with zero attached hydrogens (tertiary/aromatic N) is 2. The van der Waals surface area contributed by atoms with Crippen molar-refractivity contribution in [3.05, 3.63) is 90.0 Å².